The van der Waals surface area contributed by atoms with Crippen LogP contribution in [0.25, 0.3) is 0 Å². The van der Waals surface area contributed by atoms with Crippen LogP contribution in [0, 0.1) is 17.8 Å². The number of hydrogen-bond acceptors (Lipinski definition) is 2. The Morgan fingerprint density at radius 2 is 2.17 bits per heavy atom. The van der Waals surface area contributed by atoms with Crippen molar-refractivity contribution in [2.45, 2.75) is 32.8 Å². The second kappa shape index (κ2) is 4.24. The van der Waals surface area contributed by atoms with Crippen LogP contribution in [0.5, 0.6) is 0 Å². The first-order chi connectivity index (χ1) is 5.66. The molecule has 0 heterocycles. The summed E-state index contributed by atoms with van der Waals surface area (Å²) in [7, 11) is 1.74. The van der Waals surface area contributed by atoms with Gasteiger partial charge in [0.1, 0.15) is 0 Å². The molecule has 0 radical (unpaired) electrons. The summed E-state index contributed by atoms with van der Waals surface area (Å²) in [6, 6.07) is 0. The maximum atomic E-state index is 9.54. The molecule has 0 aromatic heterocycles. The van der Waals surface area contributed by atoms with E-state index in [-0.39, 0.29) is 6.10 Å². The monoisotopic (exact) mass is 172 g/mol. The van der Waals surface area contributed by atoms with E-state index in [9.17, 15) is 5.11 Å². The summed E-state index contributed by atoms with van der Waals surface area (Å²) in [5.41, 5.74) is 0. The van der Waals surface area contributed by atoms with Crippen molar-refractivity contribution in [2.75, 3.05) is 13.7 Å². The highest BCUT2D eigenvalue weighted by Crippen LogP contribution is 2.36. The molecule has 0 aromatic rings. The Balaban J connectivity index is 2.41. The SMILES string of the molecule is COCC(C)C1CCC(O)C1C. The maximum absolute atomic E-state index is 9.54. The van der Waals surface area contributed by atoms with Crippen LogP contribution in [-0.2, 0) is 4.74 Å². The molecule has 2 heteroatoms. The van der Waals surface area contributed by atoms with E-state index in [4.69, 9.17) is 4.74 Å². The van der Waals surface area contributed by atoms with Crippen molar-refractivity contribution < 1.29 is 9.84 Å². The molecule has 0 aromatic carbocycles. The van der Waals surface area contributed by atoms with Gasteiger partial charge in [-0.1, -0.05) is 13.8 Å². The number of methoxy groups -OCH3 is 1. The van der Waals surface area contributed by atoms with Gasteiger partial charge in [-0.25, -0.2) is 0 Å². The molecular weight excluding hydrogens is 152 g/mol. The average Bonchev–Trinajstić information content (AvgIpc) is 2.34. The molecule has 72 valence electrons. The highest BCUT2D eigenvalue weighted by molar-refractivity contribution is 4.84. The van der Waals surface area contributed by atoms with Crippen LogP contribution in [0.4, 0.5) is 0 Å². The molecule has 1 saturated carbocycles. The van der Waals surface area contributed by atoms with E-state index in [2.05, 4.69) is 13.8 Å². The molecule has 1 N–H and O–H groups in total. The van der Waals surface area contributed by atoms with E-state index in [0.29, 0.717) is 17.8 Å². The number of aliphatic hydroxyl groups excluding tert-OH is 1. The lowest BCUT2D eigenvalue weighted by atomic mass is 9.86. The largest absolute Gasteiger partial charge is 0.393 e. The quantitative estimate of drug-likeness (QED) is 0.701. The first-order valence-electron chi connectivity index (χ1n) is 4.83. The summed E-state index contributed by atoms with van der Waals surface area (Å²) in [5, 5.41) is 9.54. The Hall–Kier alpha value is -0.0800. The van der Waals surface area contributed by atoms with Gasteiger partial charge >= 0.3 is 0 Å². The Kier molecular flexibility index (Phi) is 3.53. The van der Waals surface area contributed by atoms with E-state index >= 15 is 0 Å². The molecule has 4 unspecified atom stereocenters. The predicted octanol–water partition coefficient (Wildman–Crippen LogP) is 1.68. The van der Waals surface area contributed by atoms with Gasteiger partial charge in [0.2, 0.25) is 0 Å². The lowest BCUT2D eigenvalue weighted by Gasteiger charge is -2.23. The molecular formula is C10H20O2. The third-order valence-corrected chi connectivity index (χ3v) is 3.24. The summed E-state index contributed by atoms with van der Waals surface area (Å²) in [4.78, 5) is 0. The lowest BCUT2D eigenvalue weighted by molar-refractivity contribution is 0.0842. The van der Waals surface area contributed by atoms with E-state index in [1.165, 1.54) is 0 Å². The third-order valence-electron chi connectivity index (χ3n) is 3.24. The Labute approximate surface area is 74.9 Å². The molecule has 0 saturated heterocycles. The van der Waals surface area contributed by atoms with Gasteiger partial charge in [-0.15, -0.1) is 0 Å². The van der Waals surface area contributed by atoms with Crippen LogP contribution >= 0.6 is 0 Å². The zero-order valence-corrected chi connectivity index (χ0v) is 8.29. The third kappa shape index (κ3) is 1.99. The van der Waals surface area contributed by atoms with Crippen molar-refractivity contribution in [1.82, 2.24) is 0 Å². The van der Waals surface area contributed by atoms with Crippen LogP contribution in [0.2, 0.25) is 0 Å². The topological polar surface area (TPSA) is 29.5 Å². The van der Waals surface area contributed by atoms with Crippen molar-refractivity contribution in [3.63, 3.8) is 0 Å². The molecule has 0 amide bonds. The lowest BCUT2D eigenvalue weighted by Crippen LogP contribution is -2.23. The highest BCUT2D eigenvalue weighted by atomic mass is 16.5. The normalized spacial score (nSPS) is 38.5. The Bertz CT molecular complexity index is 136. The van der Waals surface area contributed by atoms with Crippen molar-refractivity contribution in [3.8, 4) is 0 Å². The number of hydrogen-bond donors (Lipinski definition) is 1. The Morgan fingerprint density at radius 3 is 2.58 bits per heavy atom. The minimum Gasteiger partial charge on any atom is -0.393 e. The van der Waals surface area contributed by atoms with Crippen molar-refractivity contribution in [1.29, 1.82) is 0 Å². The summed E-state index contributed by atoms with van der Waals surface area (Å²) in [6.45, 7) is 5.18. The summed E-state index contributed by atoms with van der Waals surface area (Å²) < 4.78 is 5.12. The first-order valence-corrected chi connectivity index (χ1v) is 4.83. The molecule has 1 rings (SSSR count). The van der Waals surface area contributed by atoms with Gasteiger partial charge in [-0.3, -0.25) is 0 Å². The highest BCUT2D eigenvalue weighted by Gasteiger charge is 2.34. The molecule has 0 spiro atoms. The average molecular weight is 172 g/mol. The van der Waals surface area contributed by atoms with E-state index in [1.54, 1.807) is 7.11 Å². The van der Waals surface area contributed by atoms with E-state index in [0.717, 1.165) is 19.4 Å². The fourth-order valence-electron chi connectivity index (χ4n) is 2.36. The zero-order valence-electron chi connectivity index (χ0n) is 8.29. The molecule has 1 aliphatic rings. The fourth-order valence-corrected chi connectivity index (χ4v) is 2.36. The molecule has 0 aliphatic heterocycles. The smallest absolute Gasteiger partial charge is 0.0568 e. The molecule has 2 nitrogen and oxygen atoms in total. The minimum absolute atomic E-state index is 0.0747. The summed E-state index contributed by atoms with van der Waals surface area (Å²) in [5.74, 6) is 1.69. The van der Waals surface area contributed by atoms with Crippen LogP contribution in [0.15, 0.2) is 0 Å². The van der Waals surface area contributed by atoms with Crippen molar-refractivity contribution >= 4 is 0 Å². The summed E-state index contributed by atoms with van der Waals surface area (Å²) in [6.07, 6.45) is 2.06. The van der Waals surface area contributed by atoms with E-state index < -0.39 is 0 Å². The number of ether oxygens (including phenoxy) is 1. The van der Waals surface area contributed by atoms with Crippen LogP contribution in [0.3, 0.4) is 0 Å². The second-order valence-electron chi connectivity index (χ2n) is 4.10. The Morgan fingerprint density at radius 1 is 1.50 bits per heavy atom. The van der Waals surface area contributed by atoms with Gasteiger partial charge in [-0.05, 0) is 30.6 Å². The van der Waals surface area contributed by atoms with Gasteiger partial charge in [-0.2, -0.15) is 0 Å². The summed E-state index contributed by atoms with van der Waals surface area (Å²) >= 11 is 0. The number of aliphatic hydroxyl groups is 1. The van der Waals surface area contributed by atoms with Gasteiger partial charge in [0.05, 0.1) is 6.10 Å². The molecule has 4 atom stereocenters. The van der Waals surface area contributed by atoms with E-state index in [1.807, 2.05) is 0 Å². The zero-order chi connectivity index (χ0) is 9.14. The number of rotatable bonds is 3. The van der Waals surface area contributed by atoms with Crippen LogP contribution < -0.4 is 0 Å². The molecule has 12 heavy (non-hydrogen) atoms. The standard InChI is InChI=1S/C10H20O2/c1-7(6-12-3)9-4-5-10(11)8(9)2/h7-11H,4-6H2,1-3H3. The van der Waals surface area contributed by atoms with Crippen molar-refractivity contribution in [2.24, 2.45) is 17.8 Å². The second-order valence-corrected chi connectivity index (χ2v) is 4.10. The minimum atomic E-state index is -0.0747. The van der Waals surface area contributed by atoms with Gasteiger partial charge < -0.3 is 9.84 Å². The van der Waals surface area contributed by atoms with Gasteiger partial charge in [0.15, 0.2) is 0 Å². The molecule has 1 aliphatic carbocycles. The fraction of sp³-hybridized carbons (Fsp3) is 1.00. The molecule has 0 bridgehead atoms. The maximum Gasteiger partial charge on any atom is 0.0568 e. The van der Waals surface area contributed by atoms with Gasteiger partial charge in [0.25, 0.3) is 0 Å². The van der Waals surface area contributed by atoms with Gasteiger partial charge in [0, 0.05) is 13.7 Å². The molecule has 1 fully saturated rings. The van der Waals surface area contributed by atoms with Crippen LogP contribution in [0.1, 0.15) is 26.7 Å². The van der Waals surface area contributed by atoms with Crippen molar-refractivity contribution in [3.05, 3.63) is 0 Å². The van der Waals surface area contributed by atoms with Crippen LogP contribution in [-0.4, -0.2) is 24.9 Å². The predicted molar refractivity (Wildman–Crippen MR) is 48.9 cm³/mol. The first kappa shape index (κ1) is 10.0.